The third kappa shape index (κ3) is 3.67. The molecule has 19 heavy (non-hydrogen) atoms. The maximum Gasteiger partial charge on any atom is 0.333 e. The summed E-state index contributed by atoms with van der Waals surface area (Å²) >= 11 is 0. The van der Waals surface area contributed by atoms with E-state index in [0.29, 0.717) is 18.2 Å². The van der Waals surface area contributed by atoms with Crippen LogP contribution in [0, 0.1) is 0 Å². The van der Waals surface area contributed by atoms with E-state index in [-0.39, 0.29) is 5.97 Å². The molecular weight excluding hydrogens is 238 g/mol. The molecule has 1 aliphatic carbocycles. The Hall–Kier alpha value is -1.61. The highest BCUT2D eigenvalue weighted by molar-refractivity contribution is 5.87. The highest BCUT2D eigenvalue weighted by atomic mass is 16.5. The lowest BCUT2D eigenvalue weighted by Crippen LogP contribution is -2.34. The first kappa shape index (κ1) is 13.8. The van der Waals surface area contributed by atoms with Crippen molar-refractivity contribution in [2.75, 3.05) is 13.7 Å². The molecule has 0 spiro atoms. The molecule has 1 aliphatic rings. The van der Waals surface area contributed by atoms with Crippen LogP contribution >= 0.6 is 0 Å². The van der Waals surface area contributed by atoms with Crippen molar-refractivity contribution in [1.82, 2.24) is 5.32 Å². The molecule has 0 amide bonds. The minimum atomic E-state index is -0.254. The average molecular weight is 259 g/mol. The molecule has 0 saturated carbocycles. The van der Waals surface area contributed by atoms with Crippen LogP contribution in [0.5, 0.6) is 0 Å². The number of methoxy groups -OCH3 is 1. The highest BCUT2D eigenvalue weighted by Gasteiger charge is 2.17. The van der Waals surface area contributed by atoms with Crippen LogP contribution in [-0.2, 0) is 22.4 Å². The van der Waals surface area contributed by atoms with Crippen molar-refractivity contribution in [3.8, 4) is 0 Å². The van der Waals surface area contributed by atoms with Gasteiger partial charge in [-0.3, -0.25) is 0 Å². The first-order chi connectivity index (χ1) is 9.20. The van der Waals surface area contributed by atoms with Gasteiger partial charge in [-0.05, 0) is 37.3 Å². The number of fused-ring (bicyclic) bond motifs is 1. The van der Waals surface area contributed by atoms with Crippen LogP contribution in [0.3, 0.4) is 0 Å². The summed E-state index contributed by atoms with van der Waals surface area (Å²) in [5.74, 6) is -0.254. The Morgan fingerprint density at radius 1 is 1.42 bits per heavy atom. The second-order valence-electron chi connectivity index (χ2n) is 5.00. The Morgan fingerprint density at radius 2 is 2.16 bits per heavy atom. The van der Waals surface area contributed by atoms with E-state index in [1.165, 1.54) is 18.2 Å². The molecule has 3 heteroatoms. The zero-order valence-electron chi connectivity index (χ0n) is 11.6. The summed E-state index contributed by atoms with van der Waals surface area (Å²) in [6, 6.07) is 9.12. The first-order valence-corrected chi connectivity index (χ1v) is 6.76. The first-order valence-electron chi connectivity index (χ1n) is 6.76. The van der Waals surface area contributed by atoms with Gasteiger partial charge >= 0.3 is 5.97 Å². The summed E-state index contributed by atoms with van der Waals surface area (Å²) in [5, 5.41) is 3.49. The van der Waals surface area contributed by atoms with Gasteiger partial charge in [0.15, 0.2) is 0 Å². The molecule has 1 unspecified atom stereocenters. The lowest BCUT2D eigenvalue weighted by molar-refractivity contribution is -0.136. The quantitative estimate of drug-likeness (QED) is 0.666. The average Bonchev–Trinajstić information content (AvgIpc) is 2.46. The number of esters is 1. The molecule has 0 fully saturated rings. The Morgan fingerprint density at radius 3 is 2.89 bits per heavy atom. The molecule has 1 aromatic rings. The maximum absolute atomic E-state index is 11.2. The van der Waals surface area contributed by atoms with Crippen LogP contribution in [0.25, 0.3) is 0 Å². The van der Waals surface area contributed by atoms with Crippen molar-refractivity contribution in [1.29, 1.82) is 0 Å². The number of ether oxygens (including phenoxy) is 1. The predicted molar refractivity (Wildman–Crippen MR) is 76.0 cm³/mol. The van der Waals surface area contributed by atoms with Crippen LogP contribution in [0.2, 0.25) is 0 Å². The van der Waals surface area contributed by atoms with Crippen LogP contribution in [-0.4, -0.2) is 25.7 Å². The SMILES string of the molecule is COC(=O)/C(C)=C/CNC1CCc2ccccc2C1. The minimum absolute atomic E-state index is 0.254. The van der Waals surface area contributed by atoms with Crippen LogP contribution in [0.4, 0.5) is 0 Å². The van der Waals surface area contributed by atoms with E-state index in [1.54, 1.807) is 6.92 Å². The van der Waals surface area contributed by atoms with Crippen molar-refractivity contribution in [2.24, 2.45) is 0 Å². The van der Waals surface area contributed by atoms with Gasteiger partial charge in [0.05, 0.1) is 7.11 Å². The zero-order valence-corrected chi connectivity index (χ0v) is 11.6. The topological polar surface area (TPSA) is 38.3 Å². The third-order valence-corrected chi connectivity index (χ3v) is 3.67. The molecule has 2 rings (SSSR count). The molecule has 0 saturated heterocycles. The number of rotatable bonds is 4. The number of nitrogens with one attached hydrogen (secondary N) is 1. The van der Waals surface area contributed by atoms with Gasteiger partial charge in [0, 0.05) is 18.2 Å². The molecule has 102 valence electrons. The van der Waals surface area contributed by atoms with Gasteiger partial charge in [-0.25, -0.2) is 4.79 Å². The van der Waals surface area contributed by atoms with Gasteiger partial charge in [-0.1, -0.05) is 30.3 Å². The van der Waals surface area contributed by atoms with Crippen molar-refractivity contribution in [3.05, 3.63) is 47.0 Å². The predicted octanol–water partition coefficient (Wildman–Crippen LogP) is 2.25. The van der Waals surface area contributed by atoms with E-state index in [2.05, 4.69) is 34.3 Å². The molecule has 0 heterocycles. The second-order valence-corrected chi connectivity index (χ2v) is 5.00. The number of benzene rings is 1. The summed E-state index contributed by atoms with van der Waals surface area (Å²) in [4.78, 5) is 11.2. The molecule has 0 bridgehead atoms. The van der Waals surface area contributed by atoms with E-state index in [0.717, 1.165) is 19.3 Å². The molecule has 0 aliphatic heterocycles. The van der Waals surface area contributed by atoms with E-state index in [9.17, 15) is 4.79 Å². The number of carbonyl (C=O) groups is 1. The standard InChI is InChI=1S/C16H21NO2/c1-12(16(18)19-2)9-10-17-15-8-7-13-5-3-4-6-14(13)11-15/h3-6,9,15,17H,7-8,10-11H2,1-2H3/b12-9+. The zero-order chi connectivity index (χ0) is 13.7. The van der Waals surface area contributed by atoms with Crippen molar-refractivity contribution < 1.29 is 9.53 Å². The molecule has 1 aromatic carbocycles. The fourth-order valence-corrected chi connectivity index (χ4v) is 2.50. The van der Waals surface area contributed by atoms with Gasteiger partial charge < -0.3 is 10.1 Å². The molecule has 1 atom stereocenters. The van der Waals surface area contributed by atoms with Crippen molar-refractivity contribution in [3.63, 3.8) is 0 Å². The lowest BCUT2D eigenvalue weighted by atomic mass is 9.88. The Balaban J connectivity index is 1.85. The van der Waals surface area contributed by atoms with Gasteiger partial charge in [-0.15, -0.1) is 0 Å². The van der Waals surface area contributed by atoms with Crippen LogP contribution in [0.15, 0.2) is 35.9 Å². The normalized spacial score (nSPS) is 18.8. The van der Waals surface area contributed by atoms with Gasteiger partial charge in [0.1, 0.15) is 0 Å². The van der Waals surface area contributed by atoms with E-state index >= 15 is 0 Å². The van der Waals surface area contributed by atoms with Crippen molar-refractivity contribution >= 4 is 5.97 Å². The maximum atomic E-state index is 11.2. The minimum Gasteiger partial charge on any atom is -0.466 e. The summed E-state index contributed by atoms with van der Waals surface area (Å²) in [7, 11) is 1.41. The Labute approximate surface area is 114 Å². The highest BCUT2D eigenvalue weighted by Crippen LogP contribution is 2.20. The van der Waals surface area contributed by atoms with Crippen LogP contribution < -0.4 is 5.32 Å². The Bertz CT molecular complexity index is 479. The molecule has 0 aromatic heterocycles. The molecule has 3 nitrogen and oxygen atoms in total. The van der Waals surface area contributed by atoms with Gasteiger partial charge in [0.2, 0.25) is 0 Å². The van der Waals surface area contributed by atoms with Gasteiger partial charge in [0.25, 0.3) is 0 Å². The number of hydrogen-bond acceptors (Lipinski definition) is 3. The van der Waals surface area contributed by atoms with Gasteiger partial charge in [-0.2, -0.15) is 0 Å². The number of aryl methyl sites for hydroxylation is 1. The fourth-order valence-electron chi connectivity index (χ4n) is 2.50. The van der Waals surface area contributed by atoms with E-state index in [4.69, 9.17) is 0 Å². The van der Waals surface area contributed by atoms with Crippen molar-refractivity contribution in [2.45, 2.75) is 32.2 Å². The summed E-state index contributed by atoms with van der Waals surface area (Å²) in [6.07, 6.45) is 5.25. The monoisotopic (exact) mass is 259 g/mol. The molecule has 0 radical (unpaired) electrons. The number of carbonyl (C=O) groups excluding carboxylic acids is 1. The second kappa shape index (κ2) is 6.53. The summed E-state index contributed by atoms with van der Waals surface area (Å²) in [6.45, 7) is 2.50. The lowest BCUT2D eigenvalue weighted by Gasteiger charge is -2.25. The summed E-state index contributed by atoms with van der Waals surface area (Å²) in [5.41, 5.74) is 3.58. The smallest absolute Gasteiger partial charge is 0.333 e. The third-order valence-electron chi connectivity index (χ3n) is 3.67. The number of hydrogen-bond donors (Lipinski definition) is 1. The van der Waals surface area contributed by atoms with E-state index < -0.39 is 0 Å². The largest absolute Gasteiger partial charge is 0.466 e. The fraction of sp³-hybridized carbons (Fsp3) is 0.438. The Kier molecular flexibility index (Phi) is 4.74. The van der Waals surface area contributed by atoms with E-state index in [1.807, 2.05) is 6.08 Å². The van der Waals surface area contributed by atoms with Crippen LogP contribution in [0.1, 0.15) is 24.5 Å². The summed E-state index contributed by atoms with van der Waals surface area (Å²) < 4.78 is 4.67. The molecule has 1 N–H and O–H groups in total. The molecular formula is C16H21NO2.